The summed E-state index contributed by atoms with van der Waals surface area (Å²) in [4.78, 5) is 22.2. The molecule has 1 aliphatic heterocycles. The molecule has 1 N–H and O–H groups in total. The minimum absolute atomic E-state index is 0.00815. The third-order valence-corrected chi connectivity index (χ3v) is 2.11. The molecule has 0 radical (unpaired) electrons. The summed E-state index contributed by atoms with van der Waals surface area (Å²) in [5.74, 6) is -0.180. The molecule has 0 aromatic heterocycles. The molecule has 1 rings (SSSR count). The van der Waals surface area contributed by atoms with Crippen molar-refractivity contribution in [1.29, 1.82) is 0 Å². The highest BCUT2D eigenvalue weighted by molar-refractivity contribution is 5.78. The van der Waals surface area contributed by atoms with Crippen LogP contribution in [0, 0.1) is 5.41 Å². The Labute approximate surface area is 84.0 Å². The average Bonchev–Trinajstić information content (AvgIpc) is 2.45. The van der Waals surface area contributed by atoms with Gasteiger partial charge in [-0.25, -0.2) is 0 Å². The third kappa shape index (κ3) is 3.01. The topological polar surface area (TPSA) is 55.4 Å². The molecule has 0 aromatic carbocycles. The van der Waals surface area contributed by atoms with Crippen molar-refractivity contribution in [1.82, 2.24) is 5.32 Å². The smallest absolute Gasteiger partial charge is 0.311 e. The van der Waals surface area contributed by atoms with Crippen LogP contribution < -0.4 is 5.32 Å². The zero-order chi connectivity index (χ0) is 10.8. The Hall–Kier alpha value is -1.06. The minimum atomic E-state index is -0.470. The fourth-order valence-corrected chi connectivity index (χ4v) is 1.20. The first-order chi connectivity index (χ1) is 6.39. The van der Waals surface area contributed by atoms with Gasteiger partial charge in [-0.05, 0) is 27.2 Å². The second kappa shape index (κ2) is 3.98. The van der Waals surface area contributed by atoms with Gasteiger partial charge in [0.05, 0.1) is 11.5 Å². The van der Waals surface area contributed by atoms with Gasteiger partial charge in [-0.3, -0.25) is 9.59 Å². The standard InChI is InChI=1S/C10H17NO3/c1-10(2,3)9(13)14-6-7-4-5-8(12)11-7/h7H,4-6H2,1-3H3,(H,11,12)/t7-/m0/s1. The molecule has 0 unspecified atom stereocenters. The minimum Gasteiger partial charge on any atom is -0.463 e. The number of carbonyl (C=O) groups excluding carboxylic acids is 2. The lowest BCUT2D eigenvalue weighted by Gasteiger charge is -2.18. The number of nitrogens with one attached hydrogen (secondary N) is 1. The van der Waals surface area contributed by atoms with Crippen LogP contribution in [0.15, 0.2) is 0 Å². The molecular weight excluding hydrogens is 182 g/mol. The summed E-state index contributed by atoms with van der Waals surface area (Å²) in [6.45, 7) is 5.72. The largest absolute Gasteiger partial charge is 0.463 e. The van der Waals surface area contributed by atoms with Gasteiger partial charge in [0.25, 0.3) is 0 Å². The van der Waals surface area contributed by atoms with Crippen molar-refractivity contribution in [3.8, 4) is 0 Å². The van der Waals surface area contributed by atoms with E-state index in [1.54, 1.807) is 0 Å². The zero-order valence-corrected chi connectivity index (χ0v) is 8.92. The van der Waals surface area contributed by atoms with Crippen LogP contribution in [-0.2, 0) is 14.3 Å². The molecule has 1 atom stereocenters. The Morgan fingerprint density at radius 1 is 1.57 bits per heavy atom. The second-order valence-corrected chi connectivity index (χ2v) is 4.65. The van der Waals surface area contributed by atoms with Crippen molar-refractivity contribution >= 4 is 11.9 Å². The lowest BCUT2D eigenvalue weighted by molar-refractivity contribution is -0.153. The number of hydrogen-bond acceptors (Lipinski definition) is 3. The Balaban J connectivity index is 2.28. The Kier molecular flexibility index (Phi) is 3.13. The first kappa shape index (κ1) is 11.0. The summed E-state index contributed by atoms with van der Waals surface area (Å²) in [6.07, 6.45) is 1.30. The zero-order valence-electron chi connectivity index (χ0n) is 8.92. The Bertz CT molecular complexity index is 242. The molecule has 4 heteroatoms. The van der Waals surface area contributed by atoms with E-state index in [1.807, 2.05) is 20.8 Å². The predicted octanol–water partition coefficient (Wildman–Crippen LogP) is 0.854. The number of carbonyl (C=O) groups is 2. The summed E-state index contributed by atoms with van der Waals surface area (Å²) < 4.78 is 5.09. The van der Waals surface area contributed by atoms with E-state index in [0.717, 1.165) is 6.42 Å². The van der Waals surface area contributed by atoms with E-state index in [1.165, 1.54) is 0 Å². The number of hydrogen-bond donors (Lipinski definition) is 1. The van der Waals surface area contributed by atoms with E-state index in [4.69, 9.17) is 4.74 Å². The molecule has 0 aromatic rings. The van der Waals surface area contributed by atoms with E-state index >= 15 is 0 Å². The van der Waals surface area contributed by atoms with Gasteiger partial charge in [-0.15, -0.1) is 0 Å². The molecule has 0 aliphatic carbocycles. The average molecular weight is 199 g/mol. The van der Waals surface area contributed by atoms with Gasteiger partial charge in [-0.1, -0.05) is 0 Å². The highest BCUT2D eigenvalue weighted by atomic mass is 16.5. The van der Waals surface area contributed by atoms with Gasteiger partial charge in [0, 0.05) is 6.42 Å². The molecule has 1 saturated heterocycles. The lowest BCUT2D eigenvalue weighted by atomic mass is 9.97. The number of rotatable bonds is 2. The van der Waals surface area contributed by atoms with Crippen LogP contribution in [0.2, 0.25) is 0 Å². The summed E-state index contributed by atoms with van der Waals surface area (Å²) in [5.41, 5.74) is -0.470. The van der Waals surface area contributed by atoms with Gasteiger partial charge in [-0.2, -0.15) is 0 Å². The Morgan fingerprint density at radius 3 is 2.64 bits per heavy atom. The van der Waals surface area contributed by atoms with E-state index in [2.05, 4.69) is 5.32 Å². The monoisotopic (exact) mass is 199 g/mol. The molecule has 1 heterocycles. The van der Waals surface area contributed by atoms with Crippen LogP contribution in [0.4, 0.5) is 0 Å². The quantitative estimate of drug-likeness (QED) is 0.671. The van der Waals surface area contributed by atoms with Gasteiger partial charge in [0.15, 0.2) is 0 Å². The maximum atomic E-state index is 11.4. The van der Waals surface area contributed by atoms with Crippen LogP contribution >= 0.6 is 0 Å². The summed E-state index contributed by atoms with van der Waals surface area (Å²) >= 11 is 0. The second-order valence-electron chi connectivity index (χ2n) is 4.65. The van der Waals surface area contributed by atoms with Crippen molar-refractivity contribution in [2.75, 3.05) is 6.61 Å². The number of esters is 1. The molecular formula is C10H17NO3. The molecule has 4 nitrogen and oxygen atoms in total. The highest BCUT2D eigenvalue weighted by Gasteiger charge is 2.26. The molecule has 1 fully saturated rings. The van der Waals surface area contributed by atoms with Crippen LogP contribution in [-0.4, -0.2) is 24.5 Å². The molecule has 14 heavy (non-hydrogen) atoms. The molecule has 1 amide bonds. The van der Waals surface area contributed by atoms with Gasteiger partial charge in [0.1, 0.15) is 6.61 Å². The third-order valence-electron chi connectivity index (χ3n) is 2.11. The first-order valence-electron chi connectivity index (χ1n) is 4.86. The fraction of sp³-hybridized carbons (Fsp3) is 0.800. The summed E-state index contributed by atoms with van der Waals surface area (Å²) in [6, 6.07) is 0.00815. The van der Waals surface area contributed by atoms with Gasteiger partial charge in [0.2, 0.25) is 5.91 Å². The van der Waals surface area contributed by atoms with Crippen LogP contribution in [0.3, 0.4) is 0 Å². The van der Waals surface area contributed by atoms with E-state index in [-0.39, 0.29) is 17.9 Å². The van der Waals surface area contributed by atoms with Crippen molar-refractivity contribution in [2.24, 2.45) is 5.41 Å². The Morgan fingerprint density at radius 2 is 2.21 bits per heavy atom. The summed E-state index contributed by atoms with van der Waals surface area (Å²) in [5, 5.41) is 2.74. The maximum Gasteiger partial charge on any atom is 0.311 e. The maximum absolute atomic E-state index is 11.4. The van der Waals surface area contributed by atoms with E-state index < -0.39 is 5.41 Å². The molecule has 0 saturated carbocycles. The van der Waals surface area contributed by atoms with Crippen molar-refractivity contribution in [3.63, 3.8) is 0 Å². The molecule has 0 bridgehead atoms. The highest BCUT2D eigenvalue weighted by Crippen LogP contribution is 2.16. The van der Waals surface area contributed by atoms with Crippen molar-refractivity contribution in [3.05, 3.63) is 0 Å². The van der Waals surface area contributed by atoms with Crippen molar-refractivity contribution < 1.29 is 14.3 Å². The van der Waals surface area contributed by atoms with Crippen LogP contribution in [0.1, 0.15) is 33.6 Å². The molecule has 1 aliphatic rings. The molecule has 80 valence electrons. The SMILES string of the molecule is CC(C)(C)C(=O)OC[C@@H]1CCC(=O)N1. The lowest BCUT2D eigenvalue weighted by Crippen LogP contribution is -2.33. The number of amides is 1. The van der Waals surface area contributed by atoms with Crippen LogP contribution in [0.5, 0.6) is 0 Å². The molecule has 0 spiro atoms. The fourth-order valence-electron chi connectivity index (χ4n) is 1.20. The van der Waals surface area contributed by atoms with Gasteiger partial charge >= 0.3 is 5.97 Å². The predicted molar refractivity (Wildman–Crippen MR) is 51.6 cm³/mol. The van der Waals surface area contributed by atoms with E-state index in [9.17, 15) is 9.59 Å². The number of ether oxygens (including phenoxy) is 1. The normalized spacial score (nSPS) is 21.9. The van der Waals surface area contributed by atoms with Crippen molar-refractivity contribution in [2.45, 2.75) is 39.7 Å². The van der Waals surface area contributed by atoms with Gasteiger partial charge < -0.3 is 10.1 Å². The summed E-state index contributed by atoms with van der Waals surface area (Å²) in [7, 11) is 0. The first-order valence-corrected chi connectivity index (χ1v) is 4.86. The van der Waals surface area contributed by atoms with Crippen LogP contribution in [0.25, 0.3) is 0 Å². The van der Waals surface area contributed by atoms with E-state index in [0.29, 0.717) is 13.0 Å².